The molecule has 8 nitrogen and oxygen atoms in total. The number of carbonyl (C=O) groups excluding carboxylic acids is 2. The topological polar surface area (TPSA) is 101 Å². The third kappa shape index (κ3) is 4.69. The number of aromatic nitrogens is 2. The van der Waals surface area contributed by atoms with Crippen molar-refractivity contribution in [3.63, 3.8) is 0 Å². The predicted molar refractivity (Wildman–Crippen MR) is 122 cm³/mol. The van der Waals surface area contributed by atoms with Crippen molar-refractivity contribution in [2.45, 2.75) is 65.0 Å². The van der Waals surface area contributed by atoms with Gasteiger partial charge in [0.2, 0.25) is 11.8 Å². The molecule has 4 rings (SSSR count). The van der Waals surface area contributed by atoms with Gasteiger partial charge in [-0.05, 0) is 45.6 Å². The van der Waals surface area contributed by atoms with Crippen LogP contribution in [0.1, 0.15) is 67.8 Å². The summed E-state index contributed by atoms with van der Waals surface area (Å²) in [7, 11) is 0. The number of aryl methyl sites for hydroxylation is 2. The second-order valence-electron chi connectivity index (χ2n) is 8.64. The number of nitrogens with zero attached hydrogens (tertiary/aromatic N) is 3. The van der Waals surface area contributed by atoms with Crippen LogP contribution in [0.25, 0.3) is 11.3 Å². The summed E-state index contributed by atoms with van der Waals surface area (Å²) in [6.07, 6.45) is 3.48. The molecule has 0 spiro atoms. The van der Waals surface area contributed by atoms with Gasteiger partial charge in [0.1, 0.15) is 11.8 Å². The Kier molecular flexibility index (Phi) is 6.62. The summed E-state index contributed by atoms with van der Waals surface area (Å²) in [5.41, 5.74) is 3.49. The summed E-state index contributed by atoms with van der Waals surface area (Å²) in [6, 6.07) is 8.99. The highest BCUT2D eigenvalue weighted by molar-refractivity contribution is 5.91. The number of hydrogen-bond donors (Lipinski definition) is 1. The number of amides is 2. The van der Waals surface area contributed by atoms with Crippen molar-refractivity contribution < 1.29 is 18.5 Å². The van der Waals surface area contributed by atoms with E-state index in [1.807, 2.05) is 52.0 Å². The van der Waals surface area contributed by atoms with E-state index in [0.29, 0.717) is 25.1 Å². The molecule has 0 saturated carbocycles. The van der Waals surface area contributed by atoms with E-state index in [4.69, 9.17) is 8.94 Å². The molecule has 33 heavy (non-hydrogen) atoms. The van der Waals surface area contributed by atoms with E-state index < -0.39 is 12.0 Å². The first-order chi connectivity index (χ1) is 15.9. The van der Waals surface area contributed by atoms with Gasteiger partial charge in [-0.2, -0.15) is 0 Å². The van der Waals surface area contributed by atoms with Gasteiger partial charge in [0.15, 0.2) is 12.2 Å². The fraction of sp³-hybridized carbons (Fsp3) is 0.440. The summed E-state index contributed by atoms with van der Waals surface area (Å²) < 4.78 is 10.8. The summed E-state index contributed by atoms with van der Waals surface area (Å²) in [5, 5.41) is 7.00. The van der Waals surface area contributed by atoms with Gasteiger partial charge in [-0.25, -0.2) is 4.98 Å². The largest absolute Gasteiger partial charge is 0.443 e. The molecule has 1 saturated heterocycles. The highest BCUT2D eigenvalue weighted by Gasteiger charge is 2.38. The molecule has 3 atom stereocenters. The van der Waals surface area contributed by atoms with Crippen LogP contribution in [0.4, 0.5) is 0 Å². The van der Waals surface area contributed by atoms with Gasteiger partial charge in [0, 0.05) is 18.2 Å². The monoisotopic (exact) mass is 450 g/mol. The molecular weight excluding hydrogens is 420 g/mol. The molecule has 3 heterocycles. The van der Waals surface area contributed by atoms with Crippen molar-refractivity contribution in [1.82, 2.24) is 20.4 Å². The average molecular weight is 451 g/mol. The van der Waals surface area contributed by atoms with Crippen LogP contribution in [0.3, 0.4) is 0 Å². The summed E-state index contributed by atoms with van der Waals surface area (Å²) in [6.45, 7) is 8.19. The van der Waals surface area contributed by atoms with Crippen molar-refractivity contribution in [1.29, 1.82) is 0 Å². The predicted octanol–water partition coefficient (Wildman–Crippen LogP) is 4.31. The Balaban J connectivity index is 1.42. The Morgan fingerprint density at radius 1 is 1.24 bits per heavy atom. The standard InChI is InChI=1S/C25H30N4O4/c1-5-20(22-13-15(2)28-33-22)25(31)29-12-6-7-21(29)24(30)27-16(3)18-8-10-19(11-9-18)23-17(4)26-14-32-23/h8-11,13-14,16,20-21H,5-7,12H2,1-4H3,(H,27,30)/t16?,20-,21?/m1/s1. The summed E-state index contributed by atoms with van der Waals surface area (Å²) >= 11 is 0. The van der Waals surface area contributed by atoms with Crippen molar-refractivity contribution in [2.24, 2.45) is 0 Å². The lowest BCUT2D eigenvalue weighted by Crippen LogP contribution is -2.47. The Labute approximate surface area is 193 Å². The normalized spacial score (nSPS) is 17.7. The van der Waals surface area contributed by atoms with Crippen LogP contribution in [0.15, 0.2) is 45.7 Å². The number of hydrogen-bond acceptors (Lipinski definition) is 6. The summed E-state index contributed by atoms with van der Waals surface area (Å²) in [4.78, 5) is 32.2. The van der Waals surface area contributed by atoms with Crippen LogP contribution in [-0.4, -0.2) is 39.4 Å². The molecule has 2 unspecified atom stereocenters. The van der Waals surface area contributed by atoms with E-state index in [1.54, 1.807) is 11.0 Å². The average Bonchev–Trinajstić information content (AvgIpc) is 3.55. The van der Waals surface area contributed by atoms with Gasteiger partial charge >= 0.3 is 0 Å². The highest BCUT2D eigenvalue weighted by Crippen LogP contribution is 2.29. The Morgan fingerprint density at radius 2 is 2.00 bits per heavy atom. The van der Waals surface area contributed by atoms with Crippen LogP contribution >= 0.6 is 0 Å². The van der Waals surface area contributed by atoms with E-state index in [0.717, 1.165) is 34.7 Å². The molecule has 3 aromatic rings. The van der Waals surface area contributed by atoms with E-state index in [2.05, 4.69) is 15.5 Å². The van der Waals surface area contributed by atoms with Crippen LogP contribution in [0.5, 0.6) is 0 Å². The summed E-state index contributed by atoms with van der Waals surface area (Å²) in [5.74, 6) is 0.661. The van der Waals surface area contributed by atoms with Gasteiger partial charge in [-0.3, -0.25) is 9.59 Å². The molecule has 0 bridgehead atoms. The van der Waals surface area contributed by atoms with E-state index >= 15 is 0 Å². The van der Waals surface area contributed by atoms with Crippen molar-refractivity contribution in [3.8, 4) is 11.3 Å². The van der Waals surface area contributed by atoms with E-state index in [-0.39, 0.29) is 17.9 Å². The third-order valence-electron chi connectivity index (χ3n) is 6.31. The maximum atomic E-state index is 13.3. The quantitative estimate of drug-likeness (QED) is 0.576. The van der Waals surface area contributed by atoms with Gasteiger partial charge in [-0.1, -0.05) is 36.3 Å². The molecule has 1 N–H and O–H groups in total. The second kappa shape index (κ2) is 9.60. The maximum absolute atomic E-state index is 13.3. The van der Waals surface area contributed by atoms with Crippen LogP contribution in [0.2, 0.25) is 0 Å². The lowest BCUT2D eigenvalue weighted by atomic mass is 10.0. The van der Waals surface area contributed by atoms with E-state index in [9.17, 15) is 9.59 Å². The van der Waals surface area contributed by atoms with Gasteiger partial charge in [-0.15, -0.1) is 0 Å². The molecule has 1 aliphatic rings. The lowest BCUT2D eigenvalue weighted by Gasteiger charge is -2.28. The number of oxazole rings is 1. The number of nitrogens with one attached hydrogen (secondary N) is 1. The number of carbonyl (C=O) groups is 2. The maximum Gasteiger partial charge on any atom is 0.243 e. The Bertz CT molecular complexity index is 1120. The fourth-order valence-electron chi connectivity index (χ4n) is 4.44. The van der Waals surface area contributed by atoms with Crippen LogP contribution < -0.4 is 5.32 Å². The Morgan fingerprint density at radius 3 is 2.61 bits per heavy atom. The van der Waals surface area contributed by atoms with Crippen molar-refractivity contribution in [3.05, 3.63) is 59.4 Å². The van der Waals surface area contributed by atoms with Crippen LogP contribution in [-0.2, 0) is 9.59 Å². The molecule has 2 amide bonds. The molecule has 1 aromatic carbocycles. The van der Waals surface area contributed by atoms with Crippen LogP contribution in [0, 0.1) is 13.8 Å². The zero-order valence-corrected chi connectivity index (χ0v) is 19.5. The molecular formula is C25H30N4O4. The highest BCUT2D eigenvalue weighted by atomic mass is 16.5. The second-order valence-corrected chi connectivity index (χ2v) is 8.64. The Hall–Kier alpha value is -3.42. The minimum Gasteiger partial charge on any atom is -0.443 e. The minimum absolute atomic E-state index is 0.0780. The minimum atomic E-state index is -0.478. The van der Waals surface area contributed by atoms with Gasteiger partial charge < -0.3 is 19.2 Å². The number of benzene rings is 1. The molecule has 1 aliphatic heterocycles. The van der Waals surface area contributed by atoms with E-state index in [1.165, 1.54) is 6.39 Å². The zero-order chi connectivity index (χ0) is 23.5. The number of rotatable bonds is 7. The molecule has 1 fully saturated rings. The smallest absolute Gasteiger partial charge is 0.243 e. The first kappa shape index (κ1) is 22.8. The van der Waals surface area contributed by atoms with Gasteiger partial charge in [0.05, 0.1) is 23.3 Å². The van der Waals surface area contributed by atoms with Crippen molar-refractivity contribution >= 4 is 11.8 Å². The fourth-order valence-corrected chi connectivity index (χ4v) is 4.44. The molecule has 0 radical (unpaired) electrons. The zero-order valence-electron chi connectivity index (χ0n) is 19.5. The van der Waals surface area contributed by atoms with Gasteiger partial charge in [0.25, 0.3) is 0 Å². The third-order valence-corrected chi connectivity index (χ3v) is 6.31. The van der Waals surface area contributed by atoms with Crippen molar-refractivity contribution in [2.75, 3.05) is 6.54 Å². The molecule has 174 valence electrons. The molecule has 8 heteroatoms. The lowest BCUT2D eigenvalue weighted by molar-refractivity contribution is -0.140. The number of likely N-dealkylation sites (tertiary alicyclic amines) is 1. The first-order valence-corrected chi connectivity index (χ1v) is 11.4. The molecule has 2 aromatic heterocycles. The first-order valence-electron chi connectivity index (χ1n) is 11.4. The SMILES string of the molecule is CC[C@@H](C(=O)N1CCCC1C(=O)NC(C)c1ccc(-c2ocnc2C)cc1)c1cc(C)no1. The molecule has 0 aliphatic carbocycles.